The molecule has 0 spiro atoms. The highest BCUT2D eigenvalue weighted by atomic mass is 19.4. The summed E-state index contributed by atoms with van der Waals surface area (Å²) in [6, 6.07) is 6.72. The Labute approximate surface area is 211 Å². The molecule has 37 heavy (non-hydrogen) atoms. The van der Waals surface area contributed by atoms with Gasteiger partial charge in [-0.2, -0.15) is 18.4 Å². The van der Waals surface area contributed by atoms with E-state index in [4.69, 9.17) is 10.5 Å². The molecule has 1 saturated heterocycles. The van der Waals surface area contributed by atoms with Crippen LogP contribution in [-0.4, -0.2) is 35.9 Å². The van der Waals surface area contributed by atoms with Crippen molar-refractivity contribution in [3.63, 3.8) is 0 Å². The minimum absolute atomic E-state index is 0.00113. The predicted molar refractivity (Wildman–Crippen MR) is 135 cm³/mol. The van der Waals surface area contributed by atoms with E-state index < -0.39 is 23.3 Å². The lowest BCUT2D eigenvalue weighted by atomic mass is 10.0. The summed E-state index contributed by atoms with van der Waals surface area (Å²) in [6.45, 7) is 5.77. The Kier molecular flexibility index (Phi) is 6.02. The number of nitrogens with two attached hydrogens (primary N) is 1. The Morgan fingerprint density at radius 3 is 2.54 bits per heavy atom. The molecule has 3 heterocycles. The van der Waals surface area contributed by atoms with Gasteiger partial charge in [-0.25, -0.2) is 4.98 Å². The maximum Gasteiger partial charge on any atom is 0.416 e. The minimum Gasteiger partial charge on any atom is -0.399 e. The summed E-state index contributed by atoms with van der Waals surface area (Å²) in [7, 11) is 0. The molecular formula is C26H27F3N6O2. The number of benzene rings is 1. The van der Waals surface area contributed by atoms with Crippen LogP contribution >= 0.6 is 0 Å². The van der Waals surface area contributed by atoms with Gasteiger partial charge in [-0.3, -0.25) is 9.36 Å². The fourth-order valence-corrected chi connectivity index (χ4v) is 4.84. The van der Waals surface area contributed by atoms with Crippen LogP contribution in [0.5, 0.6) is 0 Å². The molecule has 2 fully saturated rings. The summed E-state index contributed by atoms with van der Waals surface area (Å²) < 4.78 is 47.3. The van der Waals surface area contributed by atoms with Crippen LogP contribution in [0.2, 0.25) is 0 Å². The van der Waals surface area contributed by atoms with E-state index in [1.54, 1.807) is 17.6 Å². The molecule has 2 aromatic heterocycles. The molecule has 3 N–H and O–H groups in total. The zero-order chi connectivity index (χ0) is 26.5. The number of fused-ring (bicyclic) bond motifs is 1. The van der Waals surface area contributed by atoms with Crippen molar-refractivity contribution in [2.75, 3.05) is 42.3 Å². The van der Waals surface area contributed by atoms with E-state index >= 15 is 0 Å². The van der Waals surface area contributed by atoms with Crippen molar-refractivity contribution < 1.29 is 17.9 Å². The summed E-state index contributed by atoms with van der Waals surface area (Å²) >= 11 is 0. The maximum absolute atomic E-state index is 13.8. The molecule has 8 nitrogen and oxygen atoms in total. The van der Waals surface area contributed by atoms with Gasteiger partial charge in [0.2, 0.25) is 0 Å². The third-order valence-corrected chi connectivity index (χ3v) is 7.16. The van der Waals surface area contributed by atoms with Crippen molar-refractivity contribution in [2.45, 2.75) is 44.4 Å². The number of halogens is 3. The largest absolute Gasteiger partial charge is 0.416 e. The van der Waals surface area contributed by atoms with E-state index in [2.05, 4.69) is 16.4 Å². The summed E-state index contributed by atoms with van der Waals surface area (Å²) in [6.07, 6.45) is -1.55. The smallest absolute Gasteiger partial charge is 0.399 e. The quantitative estimate of drug-likeness (QED) is 0.488. The Balaban J connectivity index is 1.67. The molecule has 194 valence electrons. The molecule has 1 atom stereocenters. The fraction of sp³-hybridized carbons (Fsp3) is 0.423. The van der Waals surface area contributed by atoms with Crippen molar-refractivity contribution in [3.8, 4) is 6.07 Å². The van der Waals surface area contributed by atoms with Crippen molar-refractivity contribution in [1.82, 2.24) is 9.55 Å². The number of hydrogen-bond acceptors (Lipinski definition) is 7. The second-order valence-electron chi connectivity index (χ2n) is 9.91. The number of ether oxygens (including phenoxy) is 1. The summed E-state index contributed by atoms with van der Waals surface area (Å²) in [5, 5.41) is 13.6. The Morgan fingerprint density at radius 2 is 1.92 bits per heavy atom. The highest BCUT2D eigenvalue weighted by Gasteiger charge is 2.42. The van der Waals surface area contributed by atoms with Crippen LogP contribution in [0.4, 0.5) is 30.4 Å². The van der Waals surface area contributed by atoms with Crippen LogP contribution in [0.25, 0.3) is 10.9 Å². The first-order valence-corrected chi connectivity index (χ1v) is 12.1. The van der Waals surface area contributed by atoms with E-state index in [1.807, 2.05) is 11.8 Å². The molecule has 1 saturated carbocycles. The molecule has 11 heteroatoms. The van der Waals surface area contributed by atoms with Gasteiger partial charge in [-0.15, -0.1) is 0 Å². The highest BCUT2D eigenvalue weighted by molar-refractivity contribution is 5.95. The number of aromatic nitrogens is 2. The molecule has 1 aromatic carbocycles. The van der Waals surface area contributed by atoms with Gasteiger partial charge in [0.05, 0.1) is 35.9 Å². The maximum atomic E-state index is 13.8. The van der Waals surface area contributed by atoms with Crippen LogP contribution in [0, 0.1) is 11.3 Å². The van der Waals surface area contributed by atoms with Crippen LogP contribution in [0.3, 0.4) is 0 Å². The Bertz CT molecular complexity index is 1470. The van der Waals surface area contributed by atoms with Gasteiger partial charge >= 0.3 is 6.18 Å². The number of nitrogen functional groups attached to an aromatic ring is 1. The molecule has 1 aliphatic heterocycles. The zero-order valence-electron chi connectivity index (χ0n) is 20.5. The van der Waals surface area contributed by atoms with Gasteiger partial charge in [0, 0.05) is 35.9 Å². The summed E-state index contributed by atoms with van der Waals surface area (Å²) in [4.78, 5) is 20.2. The van der Waals surface area contributed by atoms with Crippen LogP contribution in [0.15, 0.2) is 35.3 Å². The normalized spacial score (nSPS) is 17.9. The SMILES string of the molecule is C[C@@H](Nc1ncc(C#N)c2c1cc(N1CCOCC1)c(=O)n2C1(C)CC1)c1cc(N)cc(C(F)(F)F)c1. The highest BCUT2D eigenvalue weighted by Crippen LogP contribution is 2.45. The van der Waals surface area contributed by atoms with Crippen LogP contribution in [0.1, 0.15) is 49.4 Å². The monoisotopic (exact) mass is 512 g/mol. The van der Waals surface area contributed by atoms with Crippen molar-refractivity contribution >= 4 is 28.1 Å². The van der Waals surface area contributed by atoms with Crippen LogP contribution in [-0.2, 0) is 16.5 Å². The molecule has 3 aromatic rings. The Hall–Kier alpha value is -3.78. The van der Waals surface area contributed by atoms with E-state index in [9.17, 15) is 23.2 Å². The third-order valence-electron chi connectivity index (χ3n) is 7.16. The number of rotatable bonds is 5. The van der Waals surface area contributed by atoms with Gasteiger partial charge in [-0.1, -0.05) is 0 Å². The molecule has 0 amide bonds. The number of hydrogen-bond donors (Lipinski definition) is 2. The summed E-state index contributed by atoms with van der Waals surface area (Å²) in [5.41, 5.74) is 5.89. The van der Waals surface area contributed by atoms with Crippen molar-refractivity contribution in [1.29, 1.82) is 5.26 Å². The summed E-state index contributed by atoms with van der Waals surface area (Å²) in [5.74, 6) is 0.366. The molecule has 1 aliphatic carbocycles. The number of nitriles is 1. The molecule has 0 unspecified atom stereocenters. The van der Waals surface area contributed by atoms with Gasteiger partial charge in [0.1, 0.15) is 17.6 Å². The number of anilines is 3. The van der Waals surface area contributed by atoms with Crippen molar-refractivity contribution in [3.05, 3.63) is 57.5 Å². The lowest BCUT2D eigenvalue weighted by Gasteiger charge is -2.30. The number of nitrogens with zero attached hydrogens (tertiary/aromatic N) is 4. The topological polar surface area (TPSA) is 109 Å². The van der Waals surface area contributed by atoms with E-state index in [-0.39, 0.29) is 16.8 Å². The van der Waals surface area contributed by atoms with E-state index in [0.29, 0.717) is 54.3 Å². The first kappa shape index (κ1) is 24.9. The molecular weight excluding hydrogens is 485 g/mol. The predicted octanol–water partition coefficient (Wildman–Crippen LogP) is 4.39. The number of morpholine rings is 1. The third kappa shape index (κ3) is 4.57. The van der Waals surface area contributed by atoms with Gasteiger partial charge in [0.15, 0.2) is 0 Å². The van der Waals surface area contributed by atoms with E-state index in [0.717, 1.165) is 25.0 Å². The first-order chi connectivity index (χ1) is 17.5. The minimum atomic E-state index is -4.54. The second kappa shape index (κ2) is 8.95. The van der Waals surface area contributed by atoms with Gasteiger partial charge < -0.3 is 20.7 Å². The lowest BCUT2D eigenvalue weighted by Crippen LogP contribution is -2.41. The van der Waals surface area contributed by atoms with Gasteiger partial charge in [0.25, 0.3) is 5.56 Å². The second-order valence-corrected chi connectivity index (χ2v) is 9.91. The fourth-order valence-electron chi connectivity index (χ4n) is 4.84. The molecule has 2 aliphatic rings. The average Bonchev–Trinajstić information content (AvgIpc) is 3.61. The average molecular weight is 513 g/mol. The molecule has 0 bridgehead atoms. The number of nitrogens with one attached hydrogen (secondary N) is 1. The standard InChI is InChI=1S/C26H27F3N6O2/c1-15(16-9-18(26(27,28)29)11-19(31)10-16)33-23-20-12-21(34-5-7-37-8-6-34)24(36)35(25(2)3-4-25)22(20)17(13-30)14-32-23/h9-12,14-15H,3-8,31H2,1-2H3,(H,32,33)/t15-/m1/s1. The number of alkyl halides is 3. The van der Waals surface area contributed by atoms with E-state index in [1.165, 1.54) is 12.3 Å². The van der Waals surface area contributed by atoms with Crippen molar-refractivity contribution in [2.24, 2.45) is 0 Å². The zero-order valence-corrected chi connectivity index (χ0v) is 20.5. The lowest BCUT2D eigenvalue weighted by molar-refractivity contribution is -0.137. The van der Waals surface area contributed by atoms with Crippen LogP contribution < -0.4 is 21.5 Å². The first-order valence-electron chi connectivity index (χ1n) is 12.1. The van der Waals surface area contributed by atoms with Gasteiger partial charge in [-0.05, 0) is 56.5 Å². The molecule has 0 radical (unpaired) electrons. The number of pyridine rings is 2. The Morgan fingerprint density at radius 1 is 1.22 bits per heavy atom. The molecule has 5 rings (SSSR count).